The van der Waals surface area contributed by atoms with Gasteiger partial charge in [-0.15, -0.1) is 4.99 Å². The van der Waals surface area contributed by atoms with Crippen LogP contribution in [0, 0.1) is 5.41 Å². The van der Waals surface area contributed by atoms with Gasteiger partial charge in [0.15, 0.2) is 0 Å². The van der Waals surface area contributed by atoms with E-state index in [9.17, 15) is 14.3 Å². The number of nitrogens with one attached hydrogen (secondary N) is 1. The van der Waals surface area contributed by atoms with Crippen molar-refractivity contribution in [2.45, 2.75) is 79.4 Å². The first-order valence-electron chi connectivity index (χ1n) is 8.40. The Hall–Kier alpha value is -1.63. The number of halogens is 1. The van der Waals surface area contributed by atoms with Gasteiger partial charge in [0.1, 0.15) is 11.3 Å². The number of hydrogen-bond donors (Lipinski definition) is 3. The van der Waals surface area contributed by atoms with Gasteiger partial charge in [0.25, 0.3) is 0 Å². The molecule has 0 saturated carbocycles. The largest absolute Gasteiger partial charge is 0.442 e. The van der Waals surface area contributed by atoms with Crippen LogP contribution in [0.15, 0.2) is 16.9 Å². The molecule has 0 saturated heterocycles. The first kappa shape index (κ1) is 25.6. The van der Waals surface area contributed by atoms with Crippen molar-refractivity contribution in [3.63, 3.8) is 0 Å². The van der Waals surface area contributed by atoms with Crippen molar-refractivity contribution in [3.8, 4) is 0 Å². The number of nitrogens with two attached hydrogens (primary N) is 1. The van der Waals surface area contributed by atoms with Crippen molar-refractivity contribution in [2.24, 2.45) is 16.1 Å². The average molecular weight is 362 g/mol. The minimum Gasteiger partial charge on any atom is -0.442 e. The molecule has 0 fully saturated rings. The van der Waals surface area contributed by atoms with Gasteiger partial charge in [0.05, 0.1) is 5.60 Å². The van der Waals surface area contributed by atoms with Gasteiger partial charge in [-0.1, -0.05) is 27.2 Å². The molecule has 0 bridgehead atoms. The van der Waals surface area contributed by atoms with Gasteiger partial charge in [-0.2, -0.15) is 4.39 Å². The Balaban J connectivity index is 0. The Kier molecular flexibility index (Phi) is 10.6. The van der Waals surface area contributed by atoms with E-state index in [0.717, 1.165) is 19.0 Å². The third-order valence-electron chi connectivity index (χ3n) is 3.77. The van der Waals surface area contributed by atoms with E-state index in [0.29, 0.717) is 0 Å². The molecule has 0 spiro atoms. The van der Waals surface area contributed by atoms with E-state index in [-0.39, 0.29) is 11.1 Å². The Bertz CT molecular complexity index is 473. The van der Waals surface area contributed by atoms with Crippen LogP contribution < -0.4 is 11.1 Å². The lowest BCUT2D eigenvalue weighted by atomic mass is 9.74. The highest BCUT2D eigenvalue weighted by atomic mass is 19.1. The summed E-state index contributed by atoms with van der Waals surface area (Å²) >= 11 is 0. The zero-order valence-electron chi connectivity index (χ0n) is 17.2. The first-order valence-corrected chi connectivity index (χ1v) is 8.40. The molecule has 7 heteroatoms. The SMILES string of the molecule is CCCC(C)(C)C(C)(C)O.CNC(=C/N)/C(F)=N/C(=O)OC(C)(C)C. The molecule has 0 aliphatic rings. The first-order chi connectivity index (χ1) is 11.1. The molecule has 0 atom stereocenters. The van der Waals surface area contributed by atoms with Crippen LogP contribution in [0.1, 0.15) is 68.2 Å². The minimum absolute atomic E-state index is 0.0434. The highest BCUT2D eigenvalue weighted by Crippen LogP contribution is 2.34. The summed E-state index contributed by atoms with van der Waals surface area (Å²) in [6, 6.07) is 0. The number of aliphatic hydroxyl groups is 1. The minimum atomic E-state index is -1.01. The molecular weight excluding hydrogens is 325 g/mol. The summed E-state index contributed by atoms with van der Waals surface area (Å²) < 4.78 is 17.9. The summed E-state index contributed by atoms with van der Waals surface area (Å²) in [5, 5.41) is 12.1. The lowest BCUT2D eigenvalue weighted by molar-refractivity contribution is -0.0396. The molecule has 0 aromatic heterocycles. The normalized spacial score (nSPS) is 13.7. The highest BCUT2D eigenvalue weighted by Gasteiger charge is 2.33. The number of aliphatic imine (C=N–C) groups is 1. The third-order valence-corrected chi connectivity index (χ3v) is 3.77. The topological polar surface area (TPSA) is 96.9 Å². The summed E-state index contributed by atoms with van der Waals surface area (Å²) in [4.78, 5) is 14.1. The van der Waals surface area contributed by atoms with E-state index < -0.39 is 23.3 Å². The summed E-state index contributed by atoms with van der Waals surface area (Å²) in [6.45, 7) is 15.1. The predicted octanol–water partition coefficient (Wildman–Crippen LogP) is 3.89. The Morgan fingerprint density at radius 3 is 1.96 bits per heavy atom. The van der Waals surface area contributed by atoms with Crippen LogP contribution in [0.25, 0.3) is 0 Å². The van der Waals surface area contributed by atoms with Gasteiger partial charge in [0, 0.05) is 13.2 Å². The number of carbonyl (C=O) groups excluding carboxylic acids is 1. The lowest BCUT2D eigenvalue weighted by Crippen LogP contribution is -2.38. The predicted molar refractivity (Wildman–Crippen MR) is 101 cm³/mol. The number of ether oxygens (including phenoxy) is 1. The Labute approximate surface area is 151 Å². The summed E-state index contributed by atoms with van der Waals surface area (Å²) in [5.74, 6) is -1.01. The fourth-order valence-electron chi connectivity index (χ4n) is 1.61. The number of rotatable bonds is 5. The van der Waals surface area contributed by atoms with Crippen LogP contribution in [0.3, 0.4) is 0 Å². The van der Waals surface area contributed by atoms with Crippen LogP contribution in [0.2, 0.25) is 0 Å². The average Bonchev–Trinajstić information content (AvgIpc) is 2.36. The second-order valence-corrected chi connectivity index (χ2v) is 7.91. The van der Waals surface area contributed by atoms with Crippen LogP contribution in [-0.2, 0) is 4.74 Å². The molecule has 0 rings (SSSR count). The standard InChI is InChI=1S/C9H16FN3O2.C9H20O/c1-9(2,3)15-8(14)13-7(10)6(5-11)12-4;1-6-7-8(2,3)9(4,5)10/h5,12H,11H2,1-4H3;10H,6-7H2,1-5H3/b6-5+,13-7-;. The second kappa shape index (κ2) is 10.4. The molecule has 25 heavy (non-hydrogen) atoms. The number of carbonyl (C=O) groups is 1. The van der Waals surface area contributed by atoms with Crippen molar-refractivity contribution < 1.29 is 19.0 Å². The van der Waals surface area contributed by atoms with Crippen molar-refractivity contribution >= 4 is 12.1 Å². The molecule has 6 nitrogen and oxygen atoms in total. The molecule has 0 aliphatic carbocycles. The maximum atomic E-state index is 13.1. The van der Waals surface area contributed by atoms with Gasteiger partial charge in [-0.25, -0.2) is 4.79 Å². The molecule has 0 aromatic carbocycles. The zero-order valence-corrected chi connectivity index (χ0v) is 17.2. The fourth-order valence-corrected chi connectivity index (χ4v) is 1.61. The molecule has 1 amide bonds. The van der Waals surface area contributed by atoms with Crippen LogP contribution in [0.5, 0.6) is 0 Å². The molecule has 0 aromatic rings. The second-order valence-electron chi connectivity index (χ2n) is 7.91. The summed E-state index contributed by atoms with van der Waals surface area (Å²) in [7, 11) is 1.46. The van der Waals surface area contributed by atoms with Gasteiger partial charge in [-0.3, -0.25) is 0 Å². The molecular formula is C18H36FN3O3. The highest BCUT2D eigenvalue weighted by molar-refractivity contribution is 5.98. The van der Waals surface area contributed by atoms with E-state index in [2.05, 4.69) is 31.1 Å². The maximum absolute atomic E-state index is 13.1. The smallest absolute Gasteiger partial charge is 0.436 e. The molecule has 0 unspecified atom stereocenters. The summed E-state index contributed by atoms with van der Waals surface area (Å²) in [5.41, 5.74) is 3.81. The van der Waals surface area contributed by atoms with E-state index in [1.165, 1.54) is 7.05 Å². The van der Waals surface area contributed by atoms with E-state index in [4.69, 9.17) is 10.5 Å². The van der Waals surface area contributed by atoms with Crippen molar-refractivity contribution in [3.05, 3.63) is 11.9 Å². The van der Waals surface area contributed by atoms with Crippen molar-refractivity contribution in [1.29, 1.82) is 0 Å². The van der Waals surface area contributed by atoms with Gasteiger partial charge < -0.3 is 20.9 Å². The number of nitrogens with zero attached hydrogens (tertiary/aromatic N) is 1. The molecule has 4 N–H and O–H groups in total. The monoisotopic (exact) mass is 361 g/mol. The Morgan fingerprint density at radius 1 is 1.24 bits per heavy atom. The molecule has 0 aliphatic heterocycles. The van der Waals surface area contributed by atoms with Crippen molar-refractivity contribution in [2.75, 3.05) is 7.05 Å². The van der Waals surface area contributed by atoms with Gasteiger partial charge >= 0.3 is 6.09 Å². The third kappa shape index (κ3) is 11.5. The Morgan fingerprint density at radius 2 is 1.72 bits per heavy atom. The molecule has 0 radical (unpaired) electrons. The molecule has 0 heterocycles. The van der Waals surface area contributed by atoms with Crippen LogP contribution >= 0.6 is 0 Å². The number of hydrogen-bond acceptors (Lipinski definition) is 5. The van der Waals surface area contributed by atoms with E-state index in [1.54, 1.807) is 20.8 Å². The lowest BCUT2D eigenvalue weighted by Gasteiger charge is -2.37. The van der Waals surface area contributed by atoms with E-state index in [1.807, 2.05) is 13.8 Å². The quantitative estimate of drug-likeness (QED) is 0.645. The van der Waals surface area contributed by atoms with Crippen molar-refractivity contribution in [1.82, 2.24) is 5.32 Å². The molecule has 148 valence electrons. The number of allylic oxidation sites excluding steroid dienone is 1. The van der Waals surface area contributed by atoms with Crippen LogP contribution in [0.4, 0.5) is 9.18 Å². The van der Waals surface area contributed by atoms with Crippen LogP contribution in [-0.4, -0.2) is 35.4 Å². The summed E-state index contributed by atoms with van der Waals surface area (Å²) in [6.07, 6.45) is 2.20. The van der Waals surface area contributed by atoms with Gasteiger partial charge in [0.2, 0.25) is 5.97 Å². The van der Waals surface area contributed by atoms with Gasteiger partial charge in [-0.05, 0) is 46.5 Å². The zero-order chi connectivity index (χ0) is 20.5. The fraction of sp³-hybridized carbons (Fsp3) is 0.778. The van der Waals surface area contributed by atoms with E-state index >= 15 is 0 Å². The number of amides is 1. The maximum Gasteiger partial charge on any atom is 0.436 e.